The van der Waals surface area contributed by atoms with Gasteiger partial charge in [-0.25, -0.2) is 0 Å². The molecule has 0 spiro atoms. The second-order valence-electron chi connectivity index (χ2n) is 4.48. The van der Waals surface area contributed by atoms with Crippen LogP contribution in [0.5, 0.6) is 17.2 Å². The van der Waals surface area contributed by atoms with Crippen LogP contribution >= 0.6 is 0 Å². The monoisotopic (exact) mass is 291 g/mol. The van der Waals surface area contributed by atoms with Crippen molar-refractivity contribution in [3.63, 3.8) is 0 Å². The summed E-state index contributed by atoms with van der Waals surface area (Å²) in [7, 11) is 5.14. The summed E-state index contributed by atoms with van der Waals surface area (Å²) >= 11 is 0. The Morgan fingerprint density at radius 3 is 2.43 bits per heavy atom. The van der Waals surface area contributed by atoms with Crippen molar-refractivity contribution in [2.24, 2.45) is 0 Å². The third kappa shape index (κ3) is 3.88. The molecule has 2 aromatic rings. The summed E-state index contributed by atoms with van der Waals surface area (Å²) < 4.78 is 18.5. The molecule has 0 atom stereocenters. The zero-order chi connectivity index (χ0) is 15.1. The Hall–Kier alpha value is -2.21. The SMILES string of the molecule is CNCc1cc(OC)c(OCCn2cccn2)c(OC)c1. The number of nitrogens with one attached hydrogen (secondary N) is 1. The number of benzene rings is 1. The highest BCUT2D eigenvalue weighted by atomic mass is 16.5. The smallest absolute Gasteiger partial charge is 0.203 e. The summed E-state index contributed by atoms with van der Waals surface area (Å²) in [5, 5.41) is 7.24. The van der Waals surface area contributed by atoms with Gasteiger partial charge in [-0.3, -0.25) is 4.68 Å². The first kappa shape index (κ1) is 15.2. The first-order valence-corrected chi connectivity index (χ1v) is 6.78. The van der Waals surface area contributed by atoms with Crippen LogP contribution < -0.4 is 19.5 Å². The van der Waals surface area contributed by atoms with Crippen LogP contribution in [0.2, 0.25) is 0 Å². The Bertz CT molecular complexity index is 530. The fourth-order valence-electron chi connectivity index (χ4n) is 2.06. The van der Waals surface area contributed by atoms with E-state index < -0.39 is 0 Å². The van der Waals surface area contributed by atoms with Gasteiger partial charge < -0.3 is 19.5 Å². The highest BCUT2D eigenvalue weighted by Crippen LogP contribution is 2.38. The summed E-state index contributed by atoms with van der Waals surface area (Å²) in [4.78, 5) is 0. The Labute approximate surface area is 124 Å². The Morgan fingerprint density at radius 2 is 1.90 bits per heavy atom. The molecule has 0 aliphatic rings. The van der Waals surface area contributed by atoms with E-state index in [0.717, 1.165) is 12.1 Å². The highest BCUT2D eigenvalue weighted by Gasteiger charge is 2.14. The summed E-state index contributed by atoms with van der Waals surface area (Å²) in [6.45, 7) is 1.89. The van der Waals surface area contributed by atoms with Crippen molar-refractivity contribution in [3.8, 4) is 17.2 Å². The van der Waals surface area contributed by atoms with Crippen LogP contribution in [0.25, 0.3) is 0 Å². The minimum Gasteiger partial charge on any atom is -0.493 e. The number of ether oxygens (including phenoxy) is 3. The Kier molecular flexibility index (Phi) is 5.45. The molecule has 2 rings (SSSR count). The van der Waals surface area contributed by atoms with E-state index in [1.807, 2.05) is 36.1 Å². The van der Waals surface area contributed by atoms with Gasteiger partial charge in [-0.2, -0.15) is 5.10 Å². The average Bonchev–Trinajstić information content (AvgIpc) is 3.01. The molecule has 1 heterocycles. The standard InChI is InChI=1S/C15H21N3O3/c1-16-11-12-9-13(19-2)15(14(10-12)20-3)21-8-7-18-6-4-5-17-18/h4-6,9-10,16H,7-8,11H2,1-3H3. The molecule has 1 aromatic carbocycles. The molecular formula is C15H21N3O3. The normalized spacial score (nSPS) is 10.4. The van der Waals surface area contributed by atoms with Gasteiger partial charge in [-0.05, 0) is 30.8 Å². The van der Waals surface area contributed by atoms with Gasteiger partial charge in [0.15, 0.2) is 11.5 Å². The quantitative estimate of drug-likeness (QED) is 0.802. The molecule has 0 bridgehead atoms. The molecule has 1 N–H and O–H groups in total. The number of nitrogens with zero attached hydrogens (tertiary/aromatic N) is 2. The fraction of sp³-hybridized carbons (Fsp3) is 0.400. The van der Waals surface area contributed by atoms with Crippen LogP contribution in [-0.4, -0.2) is 37.7 Å². The minimum atomic E-state index is 0.486. The molecule has 0 aliphatic heterocycles. The molecule has 0 saturated carbocycles. The van der Waals surface area contributed by atoms with E-state index in [1.54, 1.807) is 20.4 Å². The van der Waals surface area contributed by atoms with Crippen molar-refractivity contribution >= 4 is 0 Å². The van der Waals surface area contributed by atoms with Crippen LogP contribution in [0.1, 0.15) is 5.56 Å². The van der Waals surface area contributed by atoms with E-state index in [-0.39, 0.29) is 0 Å². The molecule has 0 amide bonds. The average molecular weight is 291 g/mol. The van der Waals surface area contributed by atoms with Gasteiger partial charge in [0.05, 0.1) is 20.8 Å². The van der Waals surface area contributed by atoms with E-state index in [2.05, 4.69) is 10.4 Å². The highest BCUT2D eigenvalue weighted by molar-refractivity contribution is 5.53. The summed E-state index contributed by atoms with van der Waals surface area (Å²) in [5.74, 6) is 1.95. The number of methoxy groups -OCH3 is 2. The Morgan fingerprint density at radius 1 is 1.19 bits per heavy atom. The van der Waals surface area contributed by atoms with Crippen molar-refractivity contribution in [1.29, 1.82) is 0 Å². The number of aromatic nitrogens is 2. The number of hydrogen-bond acceptors (Lipinski definition) is 5. The van der Waals surface area contributed by atoms with Crippen LogP contribution in [0.15, 0.2) is 30.6 Å². The maximum Gasteiger partial charge on any atom is 0.203 e. The third-order valence-corrected chi connectivity index (χ3v) is 3.03. The van der Waals surface area contributed by atoms with E-state index in [9.17, 15) is 0 Å². The lowest BCUT2D eigenvalue weighted by atomic mass is 10.2. The summed E-state index contributed by atoms with van der Waals surface area (Å²) in [6.07, 6.45) is 3.64. The molecule has 21 heavy (non-hydrogen) atoms. The van der Waals surface area contributed by atoms with Crippen LogP contribution in [0, 0.1) is 0 Å². The lowest BCUT2D eigenvalue weighted by Gasteiger charge is -2.16. The second-order valence-corrected chi connectivity index (χ2v) is 4.48. The molecule has 6 heteroatoms. The minimum absolute atomic E-state index is 0.486. The van der Waals surface area contributed by atoms with Crippen molar-refractivity contribution in [2.45, 2.75) is 13.1 Å². The largest absolute Gasteiger partial charge is 0.493 e. The predicted molar refractivity (Wildman–Crippen MR) is 80.0 cm³/mol. The van der Waals surface area contributed by atoms with Crippen molar-refractivity contribution in [2.75, 3.05) is 27.9 Å². The van der Waals surface area contributed by atoms with Crippen LogP contribution in [0.4, 0.5) is 0 Å². The number of hydrogen-bond donors (Lipinski definition) is 1. The second kappa shape index (κ2) is 7.54. The lowest BCUT2D eigenvalue weighted by molar-refractivity contribution is 0.258. The molecule has 6 nitrogen and oxygen atoms in total. The van der Waals surface area contributed by atoms with Crippen LogP contribution in [-0.2, 0) is 13.1 Å². The molecule has 0 radical (unpaired) electrons. The van der Waals surface area contributed by atoms with Gasteiger partial charge in [0, 0.05) is 18.9 Å². The van der Waals surface area contributed by atoms with Gasteiger partial charge >= 0.3 is 0 Å². The summed E-state index contributed by atoms with van der Waals surface area (Å²) in [6, 6.07) is 5.78. The van der Waals surface area contributed by atoms with E-state index in [0.29, 0.717) is 30.4 Å². The van der Waals surface area contributed by atoms with Crippen molar-refractivity contribution in [3.05, 3.63) is 36.2 Å². The zero-order valence-electron chi connectivity index (χ0n) is 12.6. The van der Waals surface area contributed by atoms with Gasteiger partial charge in [0.2, 0.25) is 5.75 Å². The molecule has 0 aliphatic carbocycles. The van der Waals surface area contributed by atoms with Gasteiger partial charge in [-0.1, -0.05) is 0 Å². The van der Waals surface area contributed by atoms with Gasteiger partial charge in [-0.15, -0.1) is 0 Å². The zero-order valence-corrected chi connectivity index (χ0v) is 12.6. The Balaban J connectivity index is 2.12. The maximum absolute atomic E-state index is 5.83. The topological polar surface area (TPSA) is 57.5 Å². The van der Waals surface area contributed by atoms with E-state index >= 15 is 0 Å². The maximum atomic E-state index is 5.83. The first-order chi connectivity index (χ1) is 10.3. The molecular weight excluding hydrogens is 270 g/mol. The third-order valence-electron chi connectivity index (χ3n) is 3.03. The van der Waals surface area contributed by atoms with Crippen molar-refractivity contribution < 1.29 is 14.2 Å². The first-order valence-electron chi connectivity index (χ1n) is 6.78. The molecule has 114 valence electrons. The van der Waals surface area contributed by atoms with Gasteiger partial charge in [0.25, 0.3) is 0 Å². The fourth-order valence-corrected chi connectivity index (χ4v) is 2.06. The van der Waals surface area contributed by atoms with E-state index in [1.165, 1.54) is 0 Å². The van der Waals surface area contributed by atoms with Gasteiger partial charge in [0.1, 0.15) is 6.61 Å². The molecule has 0 fully saturated rings. The lowest BCUT2D eigenvalue weighted by Crippen LogP contribution is -2.10. The van der Waals surface area contributed by atoms with Crippen LogP contribution in [0.3, 0.4) is 0 Å². The van der Waals surface area contributed by atoms with E-state index in [4.69, 9.17) is 14.2 Å². The van der Waals surface area contributed by atoms with Crippen molar-refractivity contribution in [1.82, 2.24) is 15.1 Å². The molecule has 0 saturated heterocycles. The molecule has 1 aromatic heterocycles. The summed E-state index contributed by atoms with van der Waals surface area (Å²) in [5.41, 5.74) is 1.07. The predicted octanol–water partition coefficient (Wildman–Crippen LogP) is 1.70. The number of rotatable bonds is 8. The molecule has 0 unspecified atom stereocenters.